The lowest BCUT2D eigenvalue weighted by Crippen LogP contribution is -2.09. The molecule has 0 unspecified atom stereocenters. The number of benzene rings is 3. The number of hydrogen-bond acceptors (Lipinski definition) is 5. The van der Waals surface area contributed by atoms with Crippen molar-refractivity contribution in [2.24, 2.45) is 0 Å². The number of para-hydroxylation sites is 2. The third kappa shape index (κ3) is 6.77. The Morgan fingerprint density at radius 1 is 0.812 bits per heavy atom. The van der Waals surface area contributed by atoms with Crippen LogP contribution in [0.1, 0.15) is 19.3 Å². The first kappa shape index (κ1) is 22.7. The van der Waals surface area contributed by atoms with E-state index in [2.05, 4.69) is 42.3 Å². The van der Waals surface area contributed by atoms with E-state index in [4.69, 9.17) is 14.5 Å². The van der Waals surface area contributed by atoms with Crippen molar-refractivity contribution in [3.05, 3.63) is 110 Å². The van der Waals surface area contributed by atoms with Gasteiger partial charge < -0.3 is 9.64 Å². The molecule has 0 atom stereocenters. The predicted molar refractivity (Wildman–Crippen MR) is 127 cm³/mol. The van der Waals surface area contributed by atoms with Crippen molar-refractivity contribution in [1.29, 1.82) is 0 Å². The molecular formula is C27H27NO4. The summed E-state index contributed by atoms with van der Waals surface area (Å²) in [6.45, 7) is 7.57. The molecule has 0 saturated heterocycles. The standard InChI is InChI=1S/C27H27NO4/c1-3-27(29)30-21-11-10-12-22(2)31-32-26-19-17-25(18-20-26)28(23-13-6-4-7-14-23)24-15-8-5-9-16-24/h3-9,13-20H,1-2,10-12,21H2. The van der Waals surface area contributed by atoms with Crippen LogP contribution < -0.4 is 9.79 Å². The van der Waals surface area contributed by atoms with Gasteiger partial charge in [-0.3, -0.25) is 9.78 Å². The van der Waals surface area contributed by atoms with E-state index in [9.17, 15) is 4.79 Å². The Kier molecular flexibility index (Phi) is 8.51. The first-order chi connectivity index (χ1) is 15.7. The fourth-order valence-electron chi connectivity index (χ4n) is 3.06. The second kappa shape index (κ2) is 12.0. The van der Waals surface area contributed by atoms with E-state index in [1.165, 1.54) is 0 Å². The van der Waals surface area contributed by atoms with E-state index < -0.39 is 5.97 Å². The largest absolute Gasteiger partial charge is 0.463 e. The fraction of sp³-hybridized carbons (Fsp3) is 0.148. The van der Waals surface area contributed by atoms with Gasteiger partial charge in [-0.2, -0.15) is 0 Å². The van der Waals surface area contributed by atoms with E-state index in [0.717, 1.165) is 29.6 Å². The van der Waals surface area contributed by atoms with Crippen LogP contribution in [0.5, 0.6) is 5.75 Å². The molecule has 0 aliphatic rings. The van der Waals surface area contributed by atoms with Crippen molar-refractivity contribution in [2.45, 2.75) is 19.3 Å². The molecule has 0 heterocycles. The van der Waals surface area contributed by atoms with Crippen molar-refractivity contribution in [2.75, 3.05) is 11.5 Å². The average molecular weight is 430 g/mol. The van der Waals surface area contributed by atoms with Crippen LogP contribution in [-0.2, 0) is 14.4 Å². The van der Waals surface area contributed by atoms with Gasteiger partial charge in [0.05, 0.1) is 6.61 Å². The van der Waals surface area contributed by atoms with Crippen LogP contribution >= 0.6 is 0 Å². The highest BCUT2D eigenvalue weighted by Crippen LogP contribution is 2.34. The number of carbonyl (C=O) groups is 1. The van der Waals surface area contributed by atoms with Crippen molar-refractivity contribution < 1.29 is 19.3 Å². The molecule has 164 valence electrons. The number of rotatable bonds is 12. The number of allylic oxidation sites excluding steroid dienone is 1. The Bertz CT molecular complexity index is 961. The lowest BCUT2D eigenvalue weighted by Gasteiger charge is -2.25. The molecule has 0 amide bonds. The molecule has 0 saturated carbocycles. The molecule has 3 aromatic carbocycles. The Morgan fingerprint density at radius 2 is 1.38 bits per heavy atom. The molecule has 0 fully saturated rings. The Balaban J connectivity index is 1.55. The summed E-state index contributed by atoms with van der Waals surface area (Å²) in [6.07, 6.45) is 3.25. The lowest BCUT2D eigenvalue weighted by atomic mass is 10.2. The smallest absolute Gasteiger partial charge is 0.330 e. The zero-order valence-corrected chi connectivity index (χ0v) is 18.0. The number of nitrogens with zero attached hydrogens (tertiary/aromatic N) is 1. The lowest BCUT2D eigenvalue weighted by molar-refractivity contribution is -0.168. The molecule has 0 spiro atoms. The van der Waals surface area contributed by atoms with Gasteiger partial charge in [-0.25, -0.2) is 4.79 Å². The van der Waals surface area contributed by atoms with Crippen LogP contribution in [0.3, 0.4) is 0 Å². The minimum atomic E-state index is -0.412. The van der Waals surface area contributed by atoms with Crippen LogP contribution in [0, 0.1) is 0 Å². The summed E-state index contributed by atoms with van der Waals surface area (Å²) in [5.41, 5.74) is 3.13. The van der Waals surface area contributed by atoms with Gasteiger partial charge in [0.25, 0.3) is 0 Å². The van der Waals surface area contributed by atoms with Gasteiger partial charge in [0.1, 0.15) is 5.76 Å². The number of anilines is 3. The average Bonchev–Trinajstić information content (AvgIpc) is 2.84. The van der Waals surface area contributed by atoms with Gasteiger partial charge in [0.15, 0.2) is 5.75 Å². The van der Waals surface area contributed by atoms with Crippen LogP contribution in [0.25, 0.3) is 0 Å². The highest BCUT2D eigenvalue weighted by molar-refractivity contribution is 5.81. The number of unbranched alkanes of at least 4 members (excludes halogenated alkanes) is 1. The molecule has 0 radical (unpaired) electrons. The SMILES string of the molecule is C=CC(=O)OCCCCC(=C)OOc1ccc(N(c2ccccc2)c2ccccc2)cc1. The topological polar surface area (TPSA) is 48.0 Å². The molecular weight excluding hydrogens is 402 g/mol. The maximum atomic E-state index is 11.0. The maximum Gasteiger partial charge on any atom is 0.330 e. The summed E-state index contributed by atoms with van der Waals surface area (Å²) in [6, 6.07) is 28.0. The fourth-order valence-corrected chi connectivity index (χ4v) is 3.06. The first-order valence-corrected chi connectivity index (χ1v) is 10.5. The predicted octanol–water partition coefficient (Wildman–Crippen LogP) is 6.88. The molecule has 32 heavy (non-hydrogen) atoms. The monoisotopic (exact) mass is 429 g/mol. The van der Waals surface area contributed by atoms with Gasteiger partial charge in [0, 0.05) is 29.6 Å². The molecule has 0 bridgehead atoms. The molecule has 5 nitrogen and oxygen atoms in total. The highest BCUT2D eigenvalue weighted by Gasteiger charge is 2.12. The van der Waals surface area contributed by atoms with E-state index in [0.29, 0.717) is 31.0 Å². The van der Waals surface area contributed by atoms with Gasteiger partial charge >= 0.3 is 5.97 Å². The molecule has 5 heteroatoms. The van der Waals surface area contributed by atoms with E-state index in [-0.39, 0.29) is 0 Å². The number of ether oxygens (including phenoxy) is 1. The van der Waals surface area contributed by atoms with Gasteiger partial charge in [-0.05, 0) is 61.4 Å². The zero-order valence-electron chi connectivity index (χ0n) is 18.0. The van der Waals surface area contributed by atoms with Gasteiger partial charge in [-0.1, -0.05) is 49.6 Å². The Labute approximate surface area is 189 Å². The Morgan fingerprint density at radius 3 is 1.94 bits per heavy atom. The summed E-state index contributed by atoms with van der Waals surface area (Å²) < 4.78 is 4.93. The maximum absolute atomic E-state index is 11.0. The van der Waals surface area contributed by atoms with Crippen molar-refractivity contribution in [3.63, 3.8) is 0 Å². The van der Waals surface area contributed by atoms with Crippen LogP contribution in [-0.4, -0.2) is 12.6 Å². The molecule has 0 N–H and O–H groups in total. The van der Waals surface area contributed by atoms with Gasteiger partial charge in [0.2, 0.25) is 0 Å². The molecule has 3 aromatic rings. The first-order valence-electron chi connectivity index (χ1n) is 10.5. The van der Waals surface area contributed by atoms with Crippen molar-refractivity contribution in [3.8, 4) is 5.75 Å². The van der Waals surface area contributed by atoms with Gasteiger partial charge in [-0.15, -0.1) is 0 Å². The quantitative estimate of drug-likeness (QED) is 0.0784. The number of carbonyl (C=O) groups excluding carboxylic acids is 1. The van der Waals surface area contributed by atoms with Crippen LogP contribution in [0.4, 0.5) is 17.1 Å². The summed E-state index contributed by atoms with van der Waals surface area (Å²) in [7, 11) is 0. The summed E-state index contributed by atoms with van der Waals surface area (Å²) in [4.78, 5) is 23.9. The van der Waals surface area contributed by atoms with Crippen LogP contribution in [0.15, 0.2) is 110 Å². The normalized spacial score (nSPS) is 10.1. The molecule has 3 rings (SSSR count). The minimum absolute atomic E-state index is 0.347. The van der Waals surface area contributed by atoms with E-state index >= 15 is 0 Å². The van der Waals surface area contributed by atoms with E-state index in [1.54, 1.807) is 0 Å². The second-order valence-corrected chi connectivity index (χ2v) is 7.03. The Hall–Kier alpha value is -3.99. The number of hydrogen-bond donors (Lipinski definition) is 0. The third-order valence-electron chi connectivity index (χ3n) is 4.64. The summed E-state index contributed by atoms with van der Waals surface area (Å²) >= 11 is 0. The third-order valence-corrected chi connectivity index (χ3v) is 4.64. The summed E-state index contributed by atoms with van der Waals surface area (Å²) in [5, 5.41) is 0. The molecule has 0 aliphatic heterocycles. The van der Waals surface area contributed by atoms with Crippen molar-refractivity contribution in [1.82, 2.24) is 0 Å². The molecule has 0 aromatic heterocycles. The number of esters is 1. The van der Waals surface area contributed by atoms with E-state index in [1.807, 2.05) is 60.7 Å². The zero-order chi connectivity index (χ0) is 22.6. The highest BCUT2D eigenvalue weighted by atomic mass is 17.2. The van der Waals surface area contributed by atoms with Crippen molar-refractivity contribution >= 4 is 23.0 Å². The summed E-state index contributed by atoms with van der Waals surface area (Å²) in [5.74, 6) is 0.681. The second-order valence-electron chi connectivity index (χ2n) is 7.03. The minimum Gasteiger partial charge on any atom is -0.463 e. The van der Waals surface area contributed by atoms with Crippen LogP contribution in [0.2, 0.25) is 0 Å². The molecule has 0 aliphatic carbocycles.